The molecule has 1 aromatic heterocycles. The van der Waals surface area contributed by atoms with Crippen molar-refractivity contribution in [3.05, 3.63) is 35.6 Å². The van der Waals surface area contributed by atoms with Gasteiger partial charge in [-0.1, -0.05) is 38.0 Å². The summed E-state index contributed by atoms with van der Waals surface area (Å²) in [6, 6.07) is 6.77. The van der Waals surface area contributed by atoms with Crippen LogP contribution in [0.1, 0.15) is 55.6 Å². The molecule has 1 aliphatic heterocycles. The van der Waals surface area contributed by atoms with Gasteiger partial charge in [-0.3, -0.25) is 9.69 Å². The third kappa shape index (κ3) is 2.77. The molecule has 0 bridgehead atoms. The zero-order valence-corrected chi connectivity index (χ0v) is 16.1. The van der Waals surface area contributed by atoms with Gasteiger partial charge in [0.05, 0.1) is 13.2 Å². The maximum atomic E-state index is 13.3. The molecule has 1 aromatic carbocycles. The zero-order valence-electron chi connectivity index (χ0n) is 16.1. The van der Waals surface area contributed by atoms with Crippen molar-refractivity contribution in [1.82, 2.24) is 10.2 Å². The van der Waals surface area contributed by atoms with Crippen molar-refractivity contribution in [2.24, 2.45) is 5.92 Å². The first-order valence-corrected chi connectivity index (χ1v) is 9.79. The highest BCUT2D eigenvalue weighted by Gasteiger charge is 2.55. The molecule has 0 radical (unpaired) electrons. The van der Waals surface area contributed by atoms with Crippen LogP contribution in [0.25, 0.3) is 11.0 Å². The number of rotatable bonds is 4. The van der Waals surface area contributed by atoms with Crippen LogP contribution < -0.4 is 5.32 Å². The van der Waals surface area contributed by atoms with Gasteiger partial charge in [-0.15, -0.1) is 0 Å². The van der Waals surface area contributed by atoms with Crippen LogP contribution in [-0.2, 0) is 16.1 Å². The van der Waals surface area contributed by atoms with Crippen molar-refractivity contribution >= 4 is 28.9 Å². The van der Waals surface area contributed by atoms with Crippen LogP contribution in [0, 0.1) is 5.92 Å². The summed E-state index contributed by atoms with van der Waals surface area (Å²) < 4.78 is 10.8. The molecule has 2 aliphatic rings. The molecule has 2 atom stereocenters. The molecular formula is C21H24N2O5. The first-order chi connectivity index (χ1) is 13.5. The molecule has 7 nitrogen and oxygen atoms in total. The van der Waals surface area contributed by atoms with E-state index in [4.69, 9.17) is 9.15 Å². The lowest BCUT2D eigenvalue weighted by Gasteiger charge is -2.36. The largest absolute Gasteiger partial charge is 0.460 e. The Kier molecular flexibility index (Phi) is 4.61. The number of furan rings is 1. The van der Waals surface area contributed by atoms with Crippen LogP contribution in [0.5, 0.6) is 0 Å². The molecule has 0 unspecified atom stereocenters. The highest BCUT2D eigenvalue weighted by Crippen LogP contribution is 2.39. The number of hydrogen-bond acceptors (Lipinski definition) is 5. The van der Waals surface area contributed by atoms with Crippen LogP contribution in [0.2, 0.25) is 0 Å². The topological polar surface area (TPSA) is 88.8 Å². The fraction of sp³-hybridized carbons (Fsp3) is 0.476. The molecule has 1 saturated carbocycles. The molecule has 1 spiro atoms. The summed E-state index contributed by atoms with van der Waals surface area (Å²) in [5.41, 5.74) is 0.185. The van der Waals surface area contributed by atoms with E-state index in [1.165, 1.54) is 4.90 Å². The average molecular weight is 384 g/mol. The van der Waals surface area contributed by atoms with Gasteiger partial charge in [0.2, 0.25) is 5.76 Å². The van der Waals surface area contributed by atoms with Crippen molar-refractivity contribution in [2.75, 3.05) is 6.61 Å². The van der Waals surface area contributed by atoms with E-state index < -0.39 is 17.5 Å². The summed E-state index contributed by atoms with van der Waals surface area (Å²) >= 11 is 0. The predicted molar refractivity (Wildman–Crippen MR) is 102 cm³/mol. The van der Waals surface area contributed by atoms with Crippen LogP contribution in [-0.4, -0.2) is 35.0 Å². The monoisotopic (exact) mass is 384 g/mol. The Bertz CT molecular complexity index is 949. The minimum absolute atomic E-state index is 0.0235. The minimum Gasteiger partial charge on any atom is -0.460 e. The Morgan fingerprint density at radius 1 is 1.32 bits per heavy atom. The maximum absolute atomic E-state index is 13.3. The van der Waals surface area contributed by atoms with E-state index in [0.29, 0.717) is 23.0 Å². The molecule has 7 heteroatoms. The number of amides is 3. The van der Waals surface area contributed by atoms with Crippen molar-refractivity contribution in [3.8, 4) is 0 Å². The summed E-state index contributed by atoms with van der Waals surface area (Å²) in [7, 11) is 0. The molecular weight excluding hydrogens is 360 g/mol. The van der Waals surface area contributed by atoms with Crippen LogP contribution >= 0.6 is 0 Å². The number of carbonyl (C=O) groups excluding carboxylic acids is 3. The normalized spacial score (nSPS) is 24.8. The van der Waals surface area contributed by atoms with Crippen molar-refractivity contribution < 1.29 is 23.5 Å². The summed E-state index contributed by atoms with van der Waals surface area (Å²) in [5, 5.41) is 3.64. The number of urea groups is 1. The van der Waals surface area contributed by atoms with E-state index in [9.17, 15) is 14.4 Å². The SMILES string of the molecule is CCOC(=O)c1oc2ccccc2c1CN1C(=O)N[C@@]2(CCCC[C@H]2C)C1=O. The first-order valence-electron chi connectivity index (χ1n) is 9.79. The number of imide groups is 1. The summed E-state index contributed by atoms with van der Waals surface area (Å²) in [5.74, 6) is -0.694. The van der Waals surface area contributed by atoms with Gasteiger partial charge < -0.3 is 14.5 Å². The van der Waals surface area contributed by atoms with Crippen molar-refractivity contribution in [1.29, 1.82) is 0 Å². The zero-order chi connectivity index (χ0) is 19.9. The van der Waals surface area contributed by atoms with Crippen molar-refractivity contribution in [3.63, 3.8) is 0 Å². The van der Waals surface area contributed by atoms with Crippen LogP contribution in [0.4, 0.5) is 4.79 Å². The third-order valence-electron chi connectivity index (χ3n) is 5.98. The Morgan fingerprint density at radius 2 is 2.11 bits per heavy atom. The van der Waals surface area contributed by atoms with Gasteiger partial charge in [-0.05, 0) is 31.7 Å². The van der Waals surface area contributed by atoms with Crippen LogP contribution in [0.15, 0.2) is 28.7 Å². The van der Waals surface area contributed by atoms with E-state index in [1.54, 1.807) is 19.1 Å². The van der Waals surface area contributed by atoms with Gasteiger partial charge in [0.15, 0.2) is 0 Å². The molecule has 28 heavy (non-hydrogen) atoms. The number of fused-ring (bicyclic) bond motifs is 1. The second kappa shape index (κ2) is 6.96. The lowest BCUT2D eigenvalue weighted by atomic mass is 9.73. The fourth-order valence-electron chi connectivity index (χ4n) is 4.41. The molecule has 2 fully saturated rings. The number of nitrogens with one attached hydrogen (secondary N) is 1. The number of benzene rings is 1. The number of esters is 1. The summed E-state index contributed by atoms with van der Waals surface area (Å²) in [4.78, 5) is 39.6. The van der Waals surface area contributed by atoms with E-state index in [1.807, 2.05) is 19.1 Å². The molecule has 4 rings (SSSR count). The van der Waals surface area contributed by atoms with Gasteiger partial charge in [-0.25, -0.2) is 9.59 Å². The second-order valence-corrected chi connectivity index (χ2v) is 7.57. The number of carbonyl (C=O) groups is 3. The highest BCUT2D eigenvalue weighted by atomic mass is 16.5. The molecule has 2 heterocycles. The third-order valence-corrected chi connectivity index (χ3v) is 5.98. The number of ether oxygens (including phenoxy) is 1. The second-order valence-electron chi connectivity index (χ2n) is 7.57. The van der Waals surface area contributed by atoms with E-state index >= 15 is 0 Å². The minimum atomic E-state index is -0.834. The average Bonchev–Trinajstić information content (AvgIpc) is 3.16. The van der Waals surface area contributed by atoms with Gasteiger partial charge in [0.25, 0.3) is 5.91 Å². The van der Waals surface area contributed by atoms with Gasteiger partial charge in [0.1, 0.15) is 11.1 Å². The Hall–Kier alpha value is -2.83. The standard InChI is InChI=1S/C21H24N2O5/c1-3-27-18(24)17-15(14-9-4-5-10-16(14)28-17)12-23-19(25)21(22-20(23)26)11-7-6-8-13(21)2/h4-5,9-10,13H,3,6-8,11-12H2,1-2H3,(H,22,26)/t13-,21-/m1/s1. The van der Waals surface area contributed by atoms with E-state index in [2.05, 4.69) is 5.32 Å². The maximum Gasteiger partial charge on any atom is 0.374 e. The smallest absolute Gasteiger partial charge is 0.374 e. The molecule has 3 amide bonds. The number of para-hydroxylation sites is 1. The molecule has 2 aromatic rings. The van der Waals surface area contributed by atoms with Crippen molar-refractivity contribution in [2.45, 2.75) is 51.6 Å². The number of hydrogen-bond donors (Lipinski definition) is 1. The Labute approximate surface area is 163 Å². The van der Waals surface area contributed by atoms with Gasteiger partial charge in [0, 0.05) is 10.9 Å². The molecule has 1 aliphatic carbocycles. The lowest BCUT2D eigenvalue weighted by Crippen LogP contribution is -2.53. The van der Waals surface area contributed by atoms with E-state index in [-0.39, 0.29) is 30.7 Å². The predicted octanol–water partition coefficient (Wildman–Crippen LogP) is 3.61. The quantitative estimate of drug-likeness (QED) is 0.643. The Balaban J connectivity index is 1.72. The molecule has 1 N–H and O–H groups in total. The summed E-state index contributed by atoms with van der Waals surface area (Å²) in [6.07, 6.45) is 3.52. The summed E-state index contributed by atoms with van der Waals surface area (Å²) in [6.45, 7) is 3.91. The fourth-order valence-corrected chi connectivity index (χ4v) is 4.41. The molecule has 1 saturated heterocycles. The number of nitrogens with zero attached hydrogens (tertiary/aromatic N) is 1. The highest BCUT2D eigenvalue weighted by molar-refractivity contribution is 6.08. The van der Waals surface area contributed by atoms with Gasteiger partial charge in [-0.2, -0.15) is 0 Å². The first kappa shape index (κ1) is 18.5. The Morgan fingerprint density at radius 3 is 2.86 bits per heavy atom. The molecule has 148 valence electrons. The van der Waals surface area contributed by atoms with Crippen LogP contribution in [0.3, 0.4) is 0 Å². The van der Waals surface area contributed by atoms with Gasteiger partial charge >= 0.3 is 12.0 Å². The lowest BCUT2D eigenvalue weighted by molar-refractivity contribution is -0.134. The van der Waals surface area contributed by atoms with E-state index in [0.717, 1.165) is 19.3 Å².